The van der Waals surface area contributed by atoms with Crippen LogP contribution in [0.25, 0.3) is 0 Å². The lowest BCUT2D eigenvalue weighted by Crippen LogP contribution is -2.02. The van der Waals surface area contributed by atoms with Gasteiger partial charge in [-0.25, -0.2) is 4.99 Å². The number of halogens is 1. The highest BCUT2D eigenvalue weighted by molar-refractivity contribution is 6.31. The normalized spacial score (nSPS) is 10.3. The Balaban J connectivity index is 2.10. The van der Waals surface area contributed by atoms with E-state index in [2.05, 4.69) is 29.2 Å². The second-order valence-corrected chi connectivity index (χ2v) is 5.58. The summed E-state index contributed by atoms with van der Waals surface area (Å²) in [7, 11) is 0. The summed E-state index contributed by atoms with van der Waals surface area (Å²) in [5.74, 6) is 0. The lowest BCUT2D eigenvalue weighted by molar-refractivity contribution is 1.03. The number of hydrogen-bond acceptors (Lipinski definition) is 2. The minimum absolute atomic E-state index is 0.661. The molecule has 0 aliphatic rings. The monoisotopic (exact) mass is 320 g/mol. The van der Waals surface area contributed by atoms with Crippen LogP contribution in [0, 0.1) is 0 Å². The summed E-state index contributed by atoms with van der Waals surface area (Å²) < 4.78 is 0. The quantitative estimate of drug-likeness (QED) is 0.585. The summed E-state index contributed by atoms with van der Waals surface area (Å²) in [6, 6.07) is 22.2. The molecule has 0 N–H and O–H groups in total. The molecule has 3 heteroatoms. The first-order valence-corrected chi connectivity index (χ1v) is 7.99. The van der Waals surface area contributed by atoms with Gasteiger partial charge in [-0.1, -0.05) is 79.2 Å². The minimum atomic E-state index is 0.661. The van der Waals surface area contributed by atoms with Gasteiger partial charge in [-0.3, -0.25) is 4.98 Å². The van der Waals surface area contributed by atoms with Gasteiger partial charge in [-0.15, -0.1) is 0 Å². The van der Waals surface area contributed by atoms with Gasteiger partial charge in [0, 0.05) is 11.1 Å². The van der Waals surface area contributed by atoms with Crippen LogP contribution < -0.4 is 0 Å². The summed E-state index contributed by atoms with van der Waals surface area (Å²) >= 11 is 6.27. The van der Waals surface area contributed by atoms with Crippen molar-refractivity contribution < 1.29 is 0 Å². The van der Waals surface area contributed by atoms with E-state index in [0.29, 0.717) is 5.02 Å². The molecule has 23 heavy (non-hydrogen) atoms. The van der Waals surface area contributed by atoms with E-state index in [0.717, 1.165) is 34.6 Å². The van der Waals surface area contributed by atoms with Gasteiger partial charge in [0.05, 0.1) is 28.3 Å². The third-order valence-electron chi connectivity index (χ3n) is 3.57. The lowest BCUT2D eigenvalue weighted by Gasteiger charge is -2.08. The fourth-order valence-electron chi connectivity index (χ4n) is 2.39. The van der Waals surface area contributed by atoms with Crippen molar-refractivity contribution in [1.82, 2.24) is 4.98 Å². The molecule has 0 aliphatic carbocycles. The minimum Gasteiger partial charge on any atom is -0.258 e. The zero-order chi connectivity index (χ0) is 16.1. The molecule has 0 spiro atoms. The topological polar surface area (TPSA) is 25.2 Å². The number of aliphatic imine (C=N–C) groups is 1. The first-order chi connectivity index (χ1) is 11.3. The molecule has 114 valence electrons. The van der Waals surface area contributed by atoms with Crippen molar-refractivity contribution in [1.29, 1.82) is 0 Å². The standard InChI is InChI=1S/C20H17ClN2/c1-2-19-18(21)13-17(14-22-19)23-20(15-9-5-3-6-10-15)16-11-7-4-8-12-16/h3-14H,2H2,1H3. The smallest absolute Gasteiger partial charge is 0.0835 e. The van der Waals surface area contributed by atoms with Gasteiger partial charge in [-0.05, 0) is 12.5 Å². The maximum Gasteiger partial charge on any atom is 0.0835 e. The predicted molar refractivity (Wildman–Crippen MR) is 96.8 cm³/mol. The average Bonchev–Trinajstić information content (AvgIpc) is 2.61. The molecule has 1 heterocycles. The molecule has 0 atom stereocenters. The lowest BCUT2D eigenvalue weighted by atomic mass is 10.0. The summed E-state index contributed by atoms with van der Waals surface area (Å²) in [6.45, 7) is 2.04. The number of nitrogens with zero attached hydrogens (tertiary/aromatic N) is 2. The number of rotatable bonds is 4. The number of benzene rings is 2. The van der Waals surface area contributed by atoms with E-state index < -0.39 is 0 Å². The highest BCUT2D eigenvalue weighted by Gasteiger charge is 2.08. The van der Waals surface area contributed by atoms with Crippen molar-refractivity contribution >= 4 is 23.0 Å². The zero-order valence-electron chi connectivity index (χ0n) is 12.9. The van der Waals surface area contributed by atoms with Crippen molar-refractivity contribution in [2.45, 2.75) is 13.3 Å². The Kier molecular flexibility index (Phi) is 4.84. The van der Waals surface area contributed by atoms with Gasteiger partial charge in [0.25, 0.3) is 0 Å². The Morgan fingerprint density at radius 3 is 2.00 bits per heavy atom. The van der Waals surface area contributed by atoms with Crippen LogP contribution in [-0.2, 0) is 6.42 Å². The molecule has 0 aliphatic heterocycles. The first kappa shape index (κ1) is 15.4. The first-order valence-electron chi connectivity index (χ1n) is 7.62. The maximum atomic E-state index is 6.27. The molecule has 3 rings (SSSR count). The number of hydrogen-bond donors (Lipinski definition) is 0. The van der Waals surface area contributed by atoms with Gasteiger partial charge in [0.1, 0.15) is 0 Å². The van der Waals surface area contributed by atoms with Crippen LogP contribution in [0.3, 0.4) is 0 Å². The number of aromatic nitrogens is 1. The second-order valence-electron chi connectivity index (χ2n) is 5.17. The van der Waals surface area contributed by atoms with E-state index in [1.165, 1.54) is 0 Å². The van der Waals surface area contributed by atoms with Gasteiger partial charge < -0.3 is 0 Å². The van der Waals surface area contributed by atoms with Crippen LogP contribution in [0.1, 0.15) is 23.7 Å². The van der Waals surface area contributed by atoms with Crippen LogP contribution in [0.5, 0.6) is 0 Å². The SMILES string of the molecule is CCc1ncc(N=C(c2ccccc2)c2ccccc2)cc1Cl. The van der Waals surface area contributed by atoms with E-state index in [1.807, 2.05) is 49.4 Å². The summed E-state index contributed by atoms with van der Waals surface area (Å²) in [5.41, 5.74) is 4.69. The summed E-state index contributed by atoms with van der Waals surface area (Å²) in [4.78, 5) is 9.20. The fraction of sp³-hybridized carbons (Fsp3) is 0.100. The predicted octanol–water partition coefficient (Wildman–Crippen LogP) is 5.47. The molecule has 0 saturated carbocycles. The van der Waals surface area contributed by atoms with Crippen molar-refractivity contribution in [3.8, 4) is 0 Å². The fourth-order valence-corrected chi connectivity index (χ4v) is 2.69. The van der Waals surface area contributed by atoms with E-state index >= 15 is 0 Å². The summed E-state index contributed by atoms with van der Waals surface area (Å²) in [6.07, 6.45) is 2.59. The Morgan fingerprint density at radius 2 is 1.52 bits per heavy atom. The van der Waals surface area contributed by atoms with E-state index in [-0.39, 0.29) is 0 Å². The van der Waals surface area contributed by atoms with Crippen LogP contribution in [0.4, 0.5) is 5.69 Å². The number of aryl methyl sites for hydroxylation is 1. The van der Waals surface area contributed by atoms with Crippen molar-refractivity contribution in [2.24, 2.45) is 4.99 Å². The molecule has 2 aromatic carbocycles. The molecule has 2 nitrogen and oxygen atoms in total. The van der Waals surface area contributed by atoms with Crippen molar-refractivity contribution in [2.75, 3.05) is 0 Å². The van der Waals surface area contributed by atoms with Crippen LogP contribution in [0.15, 0.2) is 77.9 Å². The van der Waals surface area contributed by atoms with Crippen LogP contribution in [0.2, 0.25) is 5.02 Å². The third kappa shape index (κ3) is 3.66. The Hall–Kier alpha value is -2.45. The molecule has 0 unspecified atom stereocenters. The van der Waals surface area contributed by atoms with Crippen LogP contribution in [-0.4, -0.2) is 10.7 Å². The Morgan fingerprint density at radius 1 is 0.957 bits per heavy atom. The van der Waals surface area contributed by atoms with Gasteiger partial charge in [0.2, 0.25) is 0 Å². The molecule has 0 radical (unpaired) electrons. The molecule has 0 amide bonds. The van der Waals surface area contributed by atoms with Gasteiger partial charge >= 0.3 is 0 Å². The second kappa shape index (κ2) is 7.21. The summed E-state index contributed by atoms with van der Waals surface area (Å²) in [5, 5.41) is 0.661. The largest absolute Gasteiger partial charge is 0.258 e. The van der Waals surface area contributed by atoms with E-state index in [4.69, 9.17) is 16.6 Å². The van der Waals surface area contributed by atoms with Crippen molar-refractivity contribution in [3.63, 3.8) is 0 Å². The molecule has 0 bridgehead atoms. The Labute approximate surface area is 141 Å². The Bertz CT molecular complexity index is 770. The molecule has 3 aromatic rings. The van der Waals surface area contributed by atoms with Crippen LogP contribution >= 0.6 is 11.6 Å². The van der Waals surface area contributed by atoms with Gasteiger partial charge in [-0.2, -0.15) is 0 Å². The zero-order valence-corrected chi connectivity index (χ0v) is 13.7. The van der Waals surface area contributed by atoms with Crippen molar-refractivity contribution in [3.05, 3.63) is 94.8 Å². The molecule has 0 fully saturated rings. The molecular formula is C20H17ClN2. The highest BCUT2D eigenvalue weighted by Crippen LogP contribution is 2.23. The third-order valence-corrected chi connectivity index (χ3v) is 3.90. The van der Waals surface area contributed by atoms with Gasteiger partial charge in [0.15, 0.2) is 0 Å². The molecule has 1 aromatic heterocycles. The highest BCUT2D eigenvalue weighted by atomic mass is 35.5. The molecular weight excluding hydrogens is 304 g/mol. The van der Waals surface area contributed by atoms with E-state index in [1.54, 1.807) is 6.20 Å². The average molecular weight is 321 g/mol. The maximum absolute atomic E-state index is 6.27. The van der Waals surface area contributed by atoms with E-state index in [9.17, 15) is 0 Å². The number of pyridine rings is 1. The molecule has 0 saturated heterocycles.